The average molecular weight is 433 g/mol. The number of hydrogen-bond donors (Lipinski definition) is 2. The third-order valence-electron chi connectivity index (χ3n) is 5.04. The van der Waals surface area contributed by atoms with Gasteiger partial charge in [0.2, 0.25) is 5.91 Å². The number of aromatic nitrogens is 2. The molecular weight excluding hydrogens is 411 g/mol. The number of carbonyl (C=O) groups excluding carboxylic acids is 1. The average Bonchev–Trinajstić information content (AvgIpc) is 3.35. The lowest BCUT2D eigenvalue weighted by atomic mass is 10.1. The van der Waals surface area contributed by atoms with E-state index in [4.69, 9.17) is 9.47 Å². The number of aromatic amines is 1. The summed E-state index contributed by atoms with van der Waals surface area (Å²) in [5, 5.41) is 2.54. The van der Waals surface area contributed by atoms with Gasteiger partial charge in [0.15, 0.2) is 0 Å². The molecule has 1 aromatic heterocycles. The summed E-state index contributed by atoms with van der Waals surface area (Å²) in [6, 6.07) is 8.69. The fraction of sp³-hybridized carbons (Fsp3) is 0.364. The van der Waals surface area contributed by atoms with E-state index < -0.39 is 17.6 Å². The van der Waals surface area contributed by atoms with Crippen LogP contribution < -0.4 is 10.1 Å². The van der Waals surface area contributed by atoms with Crippen LogP contribution in [0, 0.1) is 6.92 Å². The molecule has 0 aliphatic carbocycles. The summed E-state index contributed by atoms with van der Waals surface area (Å²) >= 11 is 0. The lowest BCUT2D eigenvalue weighted by molar-refractivity contribution is -0.137. The van der Waals surface area contributed by atoms with Gasteiger partial charge in [-0.15, -0.1) is 0 Å². The number of imidazole rings is 1. The maximum atomic E-state index is 13.2. The minimum absolute atomic E-state index is 0.0372. The number of nitrogens with zero attached hydrogens (tertiary/aromatic N) is 1. The van der Waals surface area contributed by atoms with Crippen molar-refractivity contribution in [2.75, 3.05) is 18.5 Å². The maximum Gasteiger partial charge on any atom is 0.416 e. The number of amides is 1. The summed E-state index contributed by atoms with van der Waals surface area (Å²) in [7, 11) is 0. The molecule has 2 heterocycles. The fourth-order valence-electron chi connectivity index (χ4n) is 3.49. The summed E-state index contributed by atoms with van der Waals surface area (Å²) in [6.45, 7) is 2.79. The molecule has 1 amide bonds. The number of anilines is 1. The molecule has 2 N–H and O–H groups in total. The standard InChI is InChI=1S/C22H22F3N3O3/c1-13-4-6-16-17(9-13)27-20(26-16)11-21(29)28-18-10-14(22(23,24)25)5-7-19(18)31-12-15-3-2-8-30-15/h4-7,9-10,15H,2-3,8,11-12H2,1H3,(H,26,27)(H,28,29). The Morgan fingerprint density at radius 1 is 1.29 bits per heavy atom. The molecule has 9 heteroatoms. The first kappa shape index (κ1) is 21.2. The first-order chi connectivity index (χ1) is 14.8. The molecule has 0 spiro atoms. The Bertz CT molecular complexity index is 1090. The minimum atomic E-state index is -4.54. The first-order valence-corrected chi connectivity index (χ1v) is 9.99. The molecule has 1 atom stereocenters. The molecule has 1 unspecified atom stereocenters. The van der Waals surface area contributed by atoms with Crippen LogP contribution in [0.15, 0.2) is 36.4 Å². The van der Waals surface area contributed by atoms with Gasteiger partial charge >= 0.3 is 6.18 Å². The summed E-state index contributed by atoms with van der Waals surface area (Å²) in [5.74, 6) is 0.0843. The maximum absolute atomic E-state index is 13.2. The molecule has 0 saturated carbocycles. The Labute approximate surface area is 176 Å². The lowest BCUT2D eigenvalue weighted by Gasteiger charge is -2.17. The quantitative estimate of drug-likeness (QED) is 0.594. The van der Waals surface area contributed by atoms with Gasteiger partial charge < -0.3 is 19.8 Å². The number of rotatable bonds is 6. The number of fused-ring (bicyclic) bond motifs is 1. The van der Waals surface area contributed by atoms with Crippen molar-refractivity contribution in [1.82, 2.24) is 9.97 Å². The van der Waals surface area contributed by atoms with Crippen LogP contribution in [0.1, 0.15) is 29.8 Å². The minimum Gasteiger partial charge on any atom is -0.489 e. The number of alkyl halides is 3. The predicted octanol–water partition coefficient (Wildman–Crippen LogP) is 4.63. The number of hydrogen-bond acceptors (Lipinski definition) is 4. The van der Waals surface area contributed by atoms with E-state index in [9.17, 15) is 18.0 Å². The van der Waals surface area contributed by atoms with Gasteiger partial charge in [0.05, 0.1) is 34.8 Å². The lowest BCUT2D eigenvalue weighted by Crippen LogP contribution is -2.19. The van der Waals surface area contributed by atoms with Crippen molar-refractivity contribution < 1.29 is 27.4 Å². The van der Waals surface area contributed by atoms with Gasteiger partial charge in [0, 0.05) is 6.61 Å². The first-order valence-electron chi connectivity index (χ1n) is 9.99. The van der Waals surface area contributed by atoms with Crippen LogP contribution in [0.4, 0.5) is 18.9 Å². The van der Waals surface area contributed by atoms with Gasteiger partial charge in [-0.1, -0.05) is 6.07 Å². The molecule has 1 saturated heterocycles. The zero-order valence-electron chi connectivity index (χ0n) is 16.9. The van der Waals surface area contributed by atoms with E-state index in [-0.39, 0.29) is 30.6 Å². The number of nitrogens with one attached hydrogen (secondary N) is 2. The predicted molar refractivity (Wildman–Crippen MR) is 109 cm³/mol. The fourth-order valence-corrected chi connectivity index (χ4v) is 3.49. The van der Waals surface area contributed by atoms with E-state index in [0.717, 1.165) is 36.1 Å². The summed E-state index contributed by atoms with van der Waals surface area (Å²) < 4.78 is 50.7. The summed E-state index contributed by atoms with van der Waals surface area (Å²) in [4.78, 5) is 20.0. The van der Waals surface area contributed by atoms with Crippen LogP contribution in [-0.4, -0.2) is 35.2 Å². The van der Waals surface area contributed by atoms with E-state index in [1.807, 2.05) is 25.1 Å². The molecule has 1 fully saturated rings. The Kier molecular flexibility index (Phi) is 5.86. The Balaban J connectivity index is 1.51. The van der Waals surface area contributed by atoms with E-state index in [1.165, 1.54) is 6.07 Å². The molecule has 1 aliphatic rings. The molecule has 0 bridgehead atoms. The van der Waals surface area contributed by atoms with Crippen LogP contribution in [0.2, 0.25) is 0 Å². The van der Waals surface area contributed by atoms with Crippen LogP contribution in [0.3, 0.4) is 0 Å². The van der Waals surface area contributed by atoms with Crippen molar-refractivity contribution in [2.45, 2.75) is 38.5 Å². The summed E-state index contributed by atoms with van der Waals surface area (Å²) in [6.07, 6.45) is -3.02. The van der Waals surface area contributed by atoms with Crippen LogP contribution >= 0.6 is 0 Å². The molecule has 6 nitrogen and oxygen atoms in total. The van der Waals surface area contributed by atoms with Crippen molar-refractivity contribution in [3.05, 3.63) is 53.3 Å². The van der Waals surface area contributed by atoms with Gasteiger partial charge in [-0.3, -0.25) is 4.79 Å². The highest BCUT2D eigenvalue weighted by atomic mass is 19.4. The Morgan fingerprint density at radius 2 is 2.13 bits per heavy atom. The van der Waals surface area contributed by atoms with Gasteiger partial charge in [-0.2, -0.15) is 13.2 Å². The molecular formula is C22H22F3N3O3. The van der Waals surface area contributed by atoms with E-state index >= 15 is 0 Å². The highest BCUT2D eigenvalue weighted by molar-refractivity contribution is 5.94. The summed E-state index contributed by atoms with van der Waals surface area (Å²) in [5.41, 5.74) is 1.65. The third kappa shape index (κ3) is 5.16. The molecule has 31 heavy (non-hydrogen) atoms. The number of benzene rings is 2. The van der Waals surface area contributed by atoms with Gasteiger partial charge in [-0.25, -0.2) is 4.98 Å². The molecule has 3 aromatic rings. The largest absolute Gasteiger partial charge is 0.489 e. The topological polar surface area (TPSA) is 76.2 Å². The molecule has 0 radical (unpaired) electrons. The number of ether oxygens (including phenoxy) is 2. The van der Waals surface area contributed by atoms with Gasteiger partial charge in [-0.05, 0) is 55.7 Å². The number of carbonyl (C=O) groups is 1. The van der Waals surface area contributed by atoms with Gasteiger partial charge in [0.1, 0.15) is 18.2 Å². The second kappa shape index (κ2) is 8.58. The van der Waals surface area contributed by atoms with Crippen molar-refractivity contribution >= 4 is 22.6 Å². The SMILES string of the molecule is Cc1ccc2nc(CC(=O)Nc3cc(C(F)(F)F)ccc3OCC3CCCO3)[nH]c2c1. The monoisotopic (exact) mass is 433 g/mol. The highest BCUT2D eigenvalue weighted by Crippen LogP contribution is 2.35. The smallest absolute Gasteiger partial charge is 0.416 e. The van der Waals surface area contributed by atoms with Crippen LogP contribution in [-0.2, 0) is 22.1 Å². The van der Waals surface area contributed by atoms with Crippen LogP contribution in [0.25, 0.3) is 11.0 Å². The number of H-pyrrole nitrogens is 1. The molecule has 164 valence electrons. The molecule has 2 aromatic carbocycles. The van der Waals surface area contributed by atoms with Crippen molar-refractivity contribution in [3.63, 3.8) is 0 Å². The number of halogens is 3. The Hall–Kier alpha value is -3.07. The number of aryl methyl sites for hydroxylation is 1. The zero-order valence-corrected chi connectivity index (χ0v) is 16.9. The third-order valence-corrected chi connectivity index (χ3v) is 5.04. The van der Waals surface area contributed by atoms with Gasteiger partial charge in [0.25, 0.3) is 0 Å². The Morgan fingerprint density at radius 3 is 2.87 bits per heavy atom. The normalized spacial score (nSPS) is 16.6. The van der Waals surface area contributed by atoms with E-state index in [2.05, 4.69) is 15.3 Å². The second-order valence-electron chi connectivity index (χ2n) is 7.58. The molecule has 1 aliphatic heterocycles. The van der Waals surface area contributed by atoms with E-state index in [1.54, 1.807) is 0 Å². The van der Waals surface area contributed by atoms with Crippen molar-refractivity contribution in [3.8, 4) is 5.75 Å². The highest BCUT2D eigenvalue weighted by Gasteiger charge is 2.31. The second-order valence-corrected chi connectivity index (χ2v) is 7.58. The van der Waals surface area contributed by atoms with E-state index in [0.29, 0.717) is 17.9 Å². The van der Waals surface area contributed by atoms with Crippen molar-refractivity contribution in [2.24, 2.45) is 0 Å². The molecule has 4 rings (SSSR count). The van der Waals surface area contributed by atoms with Crippen LogP contribution in [0.5, 0.6) is 5.75 Å². The van der Waals surface area contributed by atoms with Crippen molar-refractivity contribution in [1.29, 1.82) is 0 Å². The zero-order chi connectivity index (χ0) is 22.0.